The number of nitriles is 2. The standard InChI is InChI=1S/C27H13N3/c28-14-16-12-23-22-10-5-11-30-27(22)26-21-9-4-2-7-19(21)18-6-1-3-8-20(18)25(26)24(23)13-17(16)15-29/h1-13H. The maximum Gasteiger partial charge on any atom is 0.101 e. The molecule has 30 heavy (non-hydrogen) atoms. The minimum Gasteiger partial charge on any atom is -0.256 e. The molecule has 5 aromatic carbocycles. The molecule has 0 spiro atoms. The molecule has 0 aliphatic rings. The second-order valence-corrected chi connectivity index (χ2v) is 7.41. The SMILES string of the molecule is N#Cc1cc2c3cccnc3c3c4ccccc4c4ccccc4c3c2cc1C#N. The van der Waals surface area contributed by atoms with Gasteiger partial charge in [0, 0.05) is 22.4 Å². The quantitative estimate of drug-likeness (QED) is 0.280. The zero-order valence-corrected chi connectivity index (χ0v) is 15.8. The van der Waals surface area contributed by atoms with Gasteiger partial charge in [0.2, 0.25) is 0 Å². The average Bonchev–Trinajstić information content (AvgIpc) is 2.82. The van der Waals surface area contributed by atoms with E-state index in [-0.39, 0.29) is 0 Å². The third kappa shape index (κ3) is 2.04. The highest BCUT2D eigenvalue weighted by atomic mass is 14.6. The molecule has 0 atom stereocenters. The number of benzene rings is 5. The van der Waals surface area contributed by atoms with Crippen molar-refractivity contribution < 1.29 is 0 Å². The van der Waals surface area contributed by atoms with E-state index in [2.05, 4.69) is 54.6 Å². The monoisotopic (exact) mass is 379 g/mol. The summed E-state index contributed by atoms with van der Waals surface area (Å²) in [6, 6.07) is 28.8. The van der Waals surface area contributed by atoms with E-state index in [0.29, 0.717) is 11.1 Å². The summed E-state index contributed by atoms with van der Waals surface area (Å²) in [5.74, 6) is 0. The summed E-state index contributed by atoms with van der Waals surface area (Å²) in [5.41, 5.74) is 1.70. The molecule has 0 aliphatic heterocycles. The Morgan fingerprint density at radius 2 is 1.07 bits per heavy atom. The van der Waals surface area contributed by atoms with E-state index in [1.807, 2.05) is 36.5 Å². The van der Waals surface area contributed by atoms with Crippen LogP contribution >= 0.6 is 0 Å². The van der Waals surface area contributed by atoms with Crippen LogP contribution in [0.1, 0.15) is 11.1 Å². The zero-order chi connectivity index (χ0) is 20.2. The van der Waals surface area contributed by atoms with Gasteiger partial charge in [0.25, 0.3) is 0 Å². The van der Waals surface area contributed by atoms with Gasteiger partial charge < -0.3 is 0 Å². The summed E-state index contributed by atoms with van der Waals surface area (Å²) in [6.45, 7) is 0. The van der Waals surface area contributed by atoms with Gasteiger partial charge in [0.1, 0.15) is 12.1 Å². The van der Waals surface area contributed by atoms with Gasteiger partial charge in [-0.1, -0.05) is 54.6 Å². The van der Waals surface area contributed by atoms with Crippen molar-refractivity contribution in [2.45, 2.75) is 0 Å². The minimum atomic E-state index is 0.389. The Morgan fingerprint density at radius 1 is 0.533 bits per heavy atom. The normalized spacial score (nSPS) is 11.3. The van der Waals surface area contributed by atoms with E-state index in [1.165, 1.54) is 10.8 Å². The molecule has 0 bridgehead atoms. The van der Waals surface area contributed by atoms with Gasteiger partial charge in [-0.25, -0.2) is 0 Å². The van der Waals surface area contributed by atoms with Crippen LogP contribution in [0.15, 0.2) is 79.0 Å². The number of hydrogen-bond donors (Lipinski definition) is 0. The lowest BCUT2D eigenvalue weighted by Gasteiger charge is -2.16. The molecular weight excluding hydrogens is 366 g/mol. The molecule has 136 valence electrons. The Bertz CT molecular complexity index is 1760. The van der Waals surface area contributed by atoms with E-state index >= 15 is 0 Å². The van der Waals surface area contributed by atoms with Crippen LogP contribution < -0.4 is 0 Å². The Balaban J connectivity index is 2.09. The summed E-state index contributed by atoms with van der Waals surface area (Å²) in [7, 11) is 0. The Hall–Kier alpha value is -4.47. The molecule has 0 fully saturated rings. The fraction of sp³-hybridized carbons (Fsp3) is 0. The fourth-order valence-corrected chi connectivity index (χ4v) is 4.70. The lowest BCUT2D eigenvalue weighted by molar-refractivity contribution is 1.43. The number of rotatable bonds is 0. The molecule has 0 amide bonds. The maximum atomic E-state index is 9.67. The molecule has 0 saturated heterocycles. The number of aromatic nitrogens is 1. The average molecular weight is 379 g/mol. The van der Waals surface area contributed by atoms with Gasteiger partial charge in [-0.2, -0.15) is 10.5 Å². The maximum absolute atomic E-state index is 9.67. The summed E-state index contributed by atoms with van der Waals surface area (Å²) < 4.78 is 0. The Labute approximate surface area is 172 Å². The van der Waals surface area contributed by atoms with Crippen molar-refractivity contribution in [1.82, 2.24) is 4.98 Å². The van der Waals surface area contributed by atoms with E-state index < -0.39 is 0 Å². The number of nitrogens with zero attached hydrogens (tertiary/aromatic N) is 3. The second-order valence-electron chi connectivity index (χ2n) is 7.41. The van der Waals surface area contributed by atoms with Crippen molar-refractivity contribution in [2.75, 3.05) is 0 Å². The lowest BCUT2D eigenvalue weighted by Crippen LogP contribution is -1.92. The van der Waals surface area contributed by atoms with Crippen molar-refractivity contribution in [2.24, 2.45) is 0 Å². The first-order valence-electron chi connectivity index (χ1n) is 9.69. The predicted molar refractivity (Wildman–Crippen MR) is 121 cm³/mol. The molecular formula is C27H13N3. The van der Waals surface area contributed by atoms with Crippen molar-refractivity contribution in [1.29, 1.82) is 10.5 Å². The Morgan fingerprint density at radius 3 is 1.70 bits per heavy atom. The zero-order valence-electron chi connectivity index (χ0n) is 15.8. The van der Waals surface area contributed by atoms with Crippen LogP contribution in [0.25, 0.3) is 54.0 Å². The van der Waals surface area contributed by atoms with Crippen LogP contribution in [-0.4, -0.2) is 4.98 Å². The topological polar surface area (TPSA) is 60.5 Å². The number of pyridine rings is 1. The molecule has 1 aromatic heterocycles. The van der Waals surface area contributed by atoms with E-state index in [0.717, 1.165) is 43.2 Å². The molecule has 6 rings (SSSR count). The largest absolute Gasteiger partial charge is 0.256 e. The van der Waals surface area contributed by atoms with E-state index in [1.54, 1.807) is 0 Å². The third-order valence-electron chi connectivity index (χ3n) is 5.94. The van der Waals surface area contributed by atoms with E-state index in [9.17, 15) is 10.5 Å². The highest BCUT2D eigenvalue weighted by molar-refractivity contribution is 6.38. The summed E-state index contributed by atoms with van der Waals surface area (Å²) in [6.07, 6.45) is 1.81. The lowest BCUT2D eigenvalue weighted by atomic mass is 9.87. The molecule has 0 N–H and O–H groups in total. The predicted octanol–water partition coefficient (Wildman–Crippen LogP) is 6.59. The van der Waals surface area contributed by atoms with E-state index in [4.69, 9.17) is 4.98 Å². The van der Waals surface area contributed by atoms with Gasteiger partial charge in [-0.15, -0.1) is 0 Å². The van der Waals surface area contributed by atoms with Gasteiger partial charge >= 0.3 is 0 Å². The van der Waals surface area contributed by atoms with Gasteiger partial charge in [-0.3, -0.25) is 4.98 Å². The first kappa shape index (κ1) is 16.5. The molecule has 1 heterocycles. The molecule has 6 aromatic rings. The number of hydrogen-bond acceptors (Lipinski definition) is 3. The second kappa shape index (κ2) is 6.01. The molecule has 0 aliphatic carbocycles. The van der Waals surface area contributed by atoms with Crippen LogP contribution in [0.2, 0.25) is 0 Å². The van der Waals surface area contributed by atoms with Crippen molar-refractivity contribution in [3.8, 4) is 12.1 Å². The van der Waals surface area contributed by atoms with Crippen LogP contribution in [-0.2, 0) is 0 Å². The van der Waals surface area contributed by atoms with Crippen molar-refractivity contribution >= 4 is 54.0 Å². The van der Waals surface area contributed by atoms with Crippen LogP contribution in [0.3, 0.4) is 0 Å². The highest BCUT2D eigenvalue weighted by Gasteiger charge is 2.17. The third-order valence-corrected chi connectivity index (χ3v) is 5.94. The molecule has 3 heteroatoms. The fourth-order valence-electron chi connectivity index (χ4n) is 4.70. The first-order valence-corrected chi connectivity index (χ1v) is 9.69. The highest BCUT2D eigenvalue weighted by Crippen LogP contribution is 2.43. The molecule has 3 nitrogen and oxygen atoms in total. The Kier molecular flexibility index (Phi) is 3.30. The van der Waals surface area contributed by atoms with Gasteiger partial charge in [-0.05, 0) is 50.5 Å². The summed E-state index contributed by atoms with van der Waals surface area (Å²) in [4.78, 5) is 4.77. The van der Waals surface area contributed by atoms with Crippen molar-refractivity contribution in [3.05, 3.63) is 90.1 Å². The van der Waals surface area contributed by atoms with Gasteiger partial charge in [0.05, 0.1) is 16.6 Å². The van der Waals surface area contributed by atoms with Crippen LogP contribution in [0.4, 0.5) is 0 Å². The minimum absolute atomic E-state index is 0.389. The molecule has 0 unspecified atom stereocenters. The van der Waals surface area contributed by atoms with Crippen LogP contribution in [0.5, 0.6) is 0 Å². The molecule has 0 saturated carbocycles. The smallest absolute Gasteiger partial charge is 0.101 e. The first-order chi connectivity index (χ1) is 14.8. The van der Waals surface area contributed by atoms with Gasteiger partial charge in [0.15, 0.2) is 0 Å². The summed E-state index contributed by atoms with van der Waals surface area (Å²) >= 11 is 0. The molecule has 0 radical (unpaired) electrons. The van der Waals surface area contributed by atoms with Crippen LogP contribution in [0, 0.1) is 22.7 Å². The number of fused-ring (bicyclic) bond motifs is 11. The summed E-state index contributed by atoms with van der Waals surface area (Å²) in [5, 5.41) is 28.9. The van der Waals surface area contributed by atoms with Crippen molar-refractivity contribution in [3.63, 3.8) is 0 Å².